The molecule has 2 saturated heterocycles. The third kappa shape index (κ3) is 3.73. The van der Waals surface area contributed by atoms with Crippen LogP contribution in [0.1, 0.15) is 22.5 Å². The number of morpholine rings is 1. The first-order valence-corrected chi connectivity index (χ1v) is 8.33. The summed E-state index contributed by atoms with van der Waals surface area (Å²) in [4.78, 5) is 14.9. The zero-order chi connectivity index (χ0) is 16.2. The molecular formula is C16H26N4O3. The van der Waals surface area contributed by atoms with Crippen LogP contribution in [-0.2, 0) is 16.5 Å². The lowest BCUT2D eigenvalue weighted by atomic mass is 9.96. The maximum atomic E-state index is 12.4. The Bertz CT molecular complexity index is 533. The Morgan fingerprint density at radius 1 is 1.39 bits per heavy atom. The molecule has 0 saturated carbocycles. The lowest BCUT2D eigenvalue weighted by Gasteiger charge is -2.37. The van der Waals surface area contributed by atoms with Gasteiger partial charge in [0.15, 0.2) is 0 Å². The lowest BCUT2D eigenvalue weighted by Crippen LogP contribution is -2.52. The molecule has 3 heterocycles. The highest BCUT2D eigenvalue weighted by Crippen LogP contribution is 2.22. The van der Waals surface area contributed by atoms with Crippen LogP contribution in [0.3, 0.4) is 0 Å². The van der Waals surface area contributed by atoms with E-state index in [1.54, 1.807) is 10.9 Å². The SMILES string of the molecule is Cc1c(C(=O)NC[C@@H]([C@@H]2CCOC2)N2CCOCC2)cnn1C. The quantitative estimate of drug-likeness (QED) is 0.838. The van der Waals surface area contributed by atoms with E-state index in [0.29, 0.717) is 24.1 Å². The van der Waals surface area contributed by atoms with Gasteiger partial charge in [0.2, 0.25) is 0 Å². The van der Waals surface area contributed by atoms with Gasteiger partial charge in [0.05, 0.1) is 31.6 Å². The Morgan fingerprint density at radius 2 is 2.17 bits per heavy atom. The summed E-state index contributed by atoms with van der Waals surface area (Å²) in [6.45, 7) is 7.52. The number of aromatic nitrogens is 2. The Labute approximate surface area is 136 Å². The number of nitrogens with one attached hydrogen (secondary N) is 1. The van der Waals surface area contributed by atoms with Gasteiger partial charge in [0.25, 0.3) is 5.91 Å². The first-order valence-electron chi connectivity index (χ1n) is 8.33. The van der Waals surface area contributed by atoms with Gasteiger partial charge < -0.3 is 14.8 Å². The van der Waals surface area contributed by atoms with E-state index in [1.807, 2.05) is 14.0 Å². The molecule has 0 aliphatic carbocycles. The number of aryl methyl sites for hydroxylation is 1. The topological polar surface area (TPSA) is 68.6 Å². The van der Waals surface area contributed by atoms with E-state index in [4.69, 9.17) is 9.47 Å². The zero-order valence-corrected chi connectivity index (χ0v) is 14.0. The molecule has 3 rings (SSSR count). The first kappa shape index (κ1) is 16.4. The minimum Gasteiger partial charge on any atom is -0.381 e. The lowest BCUT2D eigenvalue weighted by molar-refractivity contribution is 0.00166. The van der Waals surface area contributed by atoms with Gasteiger partial charge in [0, 0.05) is 50.9 Å². The van der Waals surface area contributed by atoms with E-state index in [2.05, 4.69) is 15.3 Å². The molecule has 2 atom stereocenters. The molecule has 23 heavy (non-hydrogen) atoms. The highest BCUT2D eigenvalue weighted by Gasteiger charge is 2.32. The van der Waals surface area contributed by atoms with E-state index in [1.165, 1.54) is 0 Å². The van der Waals surface area contributed by atoms with Gasteiger partial charge in [-0.25, -0.2) is 0 Å². The molecular weight excluding hydrogens is 296 g/mol. The molecule has 1 amide bonds. The number of carbonyl (C=O) groups is 1. The van der Waals surface area contributed by atoms with Gasteiger partial charge in [-0.05, 0) is 13.3 Å². The fraction of sp³-hybridized carbons (Fsp3) is 0.750. The summed E-state index contributed by atoms with van der Waals surface area (Å²) in [5, 5.41) is 7.24. The fourth-order valence-electron chi connectivity index (χ4n) is 3.37. The fourth-order valence-corrected chi connectivity index (χ4v) is 3.37. The molecule has 0 spiro atoms. The van der Waals surface area contributed by atoms with E-state index in [9.17, 15) is 4.79 Å². The highest BCUT2D eigenvalue weighted by atomic mass is 16.5. The maximum absolute atomic E-state index is 12.4. The van der Waals surface area contributed by atoms with Crippen molar-refractivity contribution in [1.82, 2.24) is 20.0 Å². The van der Waals surface area contributed by atoms with Crippen molar-refractivity contribution >= 4 is 5.91 Å². The molecule has 1 aromatic heterocycles. The Morgan fingerprint density at radius 3 is 2.78 bits per heavy atom. The minimum atomic E-state index is -0.0484. The molecule has 0 radical (unpaired) electrons. The second kappa shape index (κ2) is 7.42. The Kier molecular flexibility index (Phi) is 5.30. The molecule has 0 unspecified atom stereocenters. The third-order valence-corrected chi connectivity index (χ3v) is 4.98. The number of amides is 1. The standard InChI is InChI=1S/C16H26N4O3/c1-12-14(9-18-19(12)2)16(21)17-10-15(13-3-6-23-11-13)20-4-7-22-8-5-20/h9,13,15H,3-8,10-11H2,1-2H3,(H,17,21)/t13-,15+/m1/s1. The summed E-state index contributed by atoms with van der Waals surface area (Å²) in [6.07, 6.45) is 2.69. The van der Waals surface area contributed by atoms with Crippen molar-refractivity contribution in [2.75, 3.05) is 46.1 Å². The van der Waals surface area contributed by atoms with Crippen LogP contribution in [0.2, 0.25) is 0 Å². The summed E-state index contributed by atoms with van der Waals surface area (Å²) in [5.74, 6) is 0.427. The van der Waals surface area contributed by atoms with Crippen LogP contribution in [0.5, 0.6) is 0 Å². The monoisotopic (exact) mass is 322 g/mol. The molecule has 2 aliphatic heterocycles. The number of hydrogen-bond donors (Lipinski definition) is 1. The number of nitrogens with zero attached hydrogens (tertiary/aromatic N) is 3. The predicted octanol–water partition coefficient (Wildman–Crippen LogP) is 0.196. The van der Waals surface area contributed by atoms with Crippen molar-refractivity contribution in [1.29, 1.82) is 0 Å². The molecule has 7 nitrogen and oxygen atoms in total. The predicted molar refractivity (Wildman–Crippen MR) is 85.4 cm³/mol. The summed E-state index contributed by atoms with van der Waals surface area (Å²) in [7, 11) is 1.85. The summed E-state index contributed by atoms with van der Waals surface area (Å²) in [6, 6.07) is 0.308. The van der Waals surface area contributed by atoms with Gasteiger partial charge in [-0.3, -0.25) is 14.4 Å². The van der Waals surface area contributed by atoms with Crippen LogP contribution in [0, 0.1) is 12.8 Å². The van der Waals surface area contributed by atoms with Crippen LogP contribution in [0.25, 0.3) is 0 Å². The number of rotatable bonds is 5. The van der Waals surface area contributed by atoms with Crippen LogP contribution < -0.4 is 5.32 Å². The number of carbonyl (C=O) groups excluding carboxylic acids is 1. The second-order valence-corrected chi connectivity index (χ2v) is 6.32. The average molecular weight is 322 g/mol. The summed E-state index contributed by atoms with van der Waals surface area (Å²) < 4.78 is 12.7. The van der Waals surface area contributed by atoms with Crippen LogP contribution in [0.4, 0.5) is 0 Å². The molecule has 2 fully saturated rings. The van der Waals surface area contributed by atoms with Gasteiger partial charge in [-0.1, -0.05) is 0 Å². The molecule has 2 aliphatic rings. The number of ether oxygens (including phenoxy) is 2. The van der Waals surface area contributed by atoms with Crippen molar-refractivity contribution in [2.24, 2.45) is 13.0 Å². The van der Waals surface area contributed by atoms with E-state index >= 15 is 0 Å². The zero-order valence-electron chi connectivity index (χ0n) is 14.0. The number of hydrogen-bond acceptors (Lipinski definition) is 5. The van der Waals surface area contributed by atoms with Crippen molar-refractivity contribution in [3.8, 4) is 0 Å². The van der Waals surface area contributed by atoms with Crippen LogP contribution in [-0.4, -0.2) is 72.7 Å². The van der Waals surface area contributed by atoms with Crippen LogP contribution >= 0.6 is 0 Å². The summed E-state index contributed by atoms with van der Waals surface area (Å²) in [5.41, 5.74) is 1.53. The largest absolute Gasteiger partial charge is 0.381 e. The molecule has 1 aromatic rings. The molecule has 7 heteroatoms. The van der Waals surface area contributed by atoms with Gasteiger partial charge in [0.1, 0.15) is 0 Å². The normalized spacial score (nSPS) is 23.8. The summed E-state index contributed by atoms with van der Waals surface area (Å²) >= 11 is 0. The first-order chi connectivity index (χ1) is 11.2. The van der Waals surface area contributed by atoms with Gasteiger partial charge in [-0.2, -0.15) is 5.10 Å². The van der Waals surface area contributed by atoms with E-state index in [0.717, 1.165) is 51.6 Å². The Hall–Kier alpha value is -1.44. The van der Waals surface area contributed by atoms with Crippen molar-refractivity contribution in [3.63, 3.8) is 0 Å². The minimum absolute atomic E-state index is 0.0484. The molecule has 0 bridgehead atoms. The van der Waals surface area contributed by atoms with E-state index < -0.39 is 0 Å². The molecule has 0 aromatic carbocycles. The smallest absolute Gasteiger partial charge is 0.254 e. The Balaban J connectivity index is 1.63. The maximum Gasteiger partial charge on any atom is 0.254 e. The van der Waals surface area contributed by atoms with Crippen molar-refractivity contribution in [3.05, 3.63) is 17.5 Å². The van der Waals surface area contributed by atoms with E-state index in [-0.39, 0.29) is 5.91 Å². The van der Waals surface area contributed by atoms with Gasteiger partial charge >= 0.3 is 0 Å². The second-order valence-electron chi connectivity index (χ2n) is 6.32. The highest BCUT2D eigenvalue weighted by molar-refractivity contribution is 5.95. The molecule has 128 valence electrons. The van der Waals surface area contributed by atoms with Crippen molar-refractivity contribution in [2.45, 2.75) is 19.4 Å². The van der Waals surface area contributed by atoms with Crippen molar-refractivity contribution < 1.29 is 14.3 Å². The average Bonchev–Trinajstić information content (AvgIpc) is 3.20. The molecule has 1 N–H and O–H groups in total. The third-order valence-electron chi connectivity index (χ3n) is 4.98. The van der Waals surface area contributed by atoms with Gasteiger partial charge in [-0.15, -0.1) is 0 Å². The van der Waals surface area contributed by atoms with Crippen LogP contribution in [0.15, 0.2) is 6.20 Å².